The van der Waals surface area contributed by atoms with Crippen LogP contribution in [0.1, 0.15) is 24.5 Å². The number of sulfonamides is 1. The lowest BCUT2D eigenvalue weighted by Gasteiger charge is -2.08. The molecule has 1 rings (SSSR count). The van der Waals surface area contributed by atoms with Crippen molar-refractivity contribution in [1.82, 2.24) is 10.0 Å². The molecule has 0 spiro atoms. The van der Waals surface area contributed by atoms with Crippen molar-refractivity contribution in [1.29, 1.82) is 0 Å². The van der Waals surface area contributed by atoms with Gasteiger partial charge in [0.15, 0.2) is 0 Å². The van der Waals surface area contributed by atoms with Gasteiger partial charge in [-0.15, -0.1) is 0 Å². The molecule has 0 amide bonds. The Labute approximate surface area is 110 Å². The first-order valence-corrected chi connectivity index (χ1v) is 7.93. The van der Waals surface area contributed by atoms with E-state index in [0.717, 1.165) is 24.2 Å². The second-order valence-electron chi connectivity index (χ2n) is 4.27. The van der Waals surface area contributed by atoms with E-state index < -0.39 is 10.0 Å². The lowest BCUT2D eigenvalue weighted by molar-refractivity contribution is 0.575. The van der Waals surface area contributed by atoms with Crippen LogP contribution in [0.3, 0.4) is 0 Å². The summed E-state index contributed by atoms with van der Waals surface area (Å²) in [5.41, 5.74) is 2.13. The molecule has 0 aliphatic carbocycles. The van der Waals surface area contributed by atoms with Crippen molar-refractivity contribution >= 4 is 10.0 Å². The summed E-state index contributed by atoms with van der Waals surface area (Å²) in [7, 11) is -3.17. The highest BCUT2D eigenvalue weighted by atomic mass is 32.2. The summed E-state index contributed by atoms with van der Waals surface area (Å²) in [6, 6.07) is 7.79. The van der Waals surface area contributed by atoms with Crippen LogP contribution in [0, 0.1) is 6.92 Å². The fourth-order valence-electron chi connectivity index (χ4n) is 1.63. The zero-order valence-corrected chi connectivity index (χ0v) is 11.9. The van der Waals surface area contributed by atoms with Gasteiger partial charge in [0.1, 0.15) is 0 Å². The topological polar surface area (TPSA) is 58.2 Å². The minimum atomic E-state index is -3.17. The van der Waals surface area contributed by atoms with Gasteiger partial charge in [0, 0.05) is 6.54 Å². The monoisotopic (exact) mass is 270 g/mol. The van der Waals surface area contributed by atoms with Crippen LogP contribution in [0.15, 0.2) is 24.3 Å². The van der Waals surface area contributed by atoms with Crippen LogP contribution in [0.5, 0.6) is 0 Å². The molecule has 102 valence electrons. The van der Waals surface area contributed by atoms with Gasteiger partial charge < -0.3 is 5.32 Å². The summed E-state index contributed by atoms with van der Waals surface area (Å²) in [4.78, 5) is 0. The van der Waals surface area contributed by atoms with Gasteiger partial charge in [0.2, 0.25) is 10.0 Å². The average Bonchev–Trinajstić information content (AvgIpc) is 2.34. The number of nitrogens with one attached hydrogen (secondary N) is 2. The van der Waals surface area contributed by atoms with Crippen molar-refractivity contribution in [3.8, 4) is 0 Å². The highest BCUT2D eigenvalue weighted by Gasteiger charge is 2.09. The van der Waals surface area contributed by atoms with E-state index in [9.17, 15) is 8.42 Å². The van der Waals surface area contributed by atoms with Crippen molar-refractivity contribution in [2.24, 2.45) is 0 Å². The van der Waals surface area contributed by atoms with E-state index in [-0.39, 0.29) is 5.75 Å². The molecule has 1 aromatic carbocycles. The van der Waals surface area contributed by atoms with Crippen LogP contribution >= 0.6 is 0 Å². The van der Waals surface area contributed by atoms with Crippen LogP contribution in [-0.4, -0.2) is 27.3 Å². The first-order valence-electron chi connectivity index (χ1n) is 6.27. The van der Waals surface area contributed by atoms with Gasteiger partial charge in [0.05, 0.1) is 5.75 Å². The number of aryl methyl sites for hydroxylation is 1. The van der Waals surface area contributed by atoms with Crippen LogP contribution < -0.4 is 10.0 Å². The lowest BCUT2D eigenvalue weighted by atomic mass is 10.1. The SMILES string of the molecule is CCNCCCS(=O)(=O)NCc1ccccc1C. The molecule has 0 saturated heterocycles. The molecule has 1 aromatic rings. The lowest BCUT2D eigenvalue weighted by Crippen LogP contribution is -2.28. The predicted octanol–water partition coefficient (Wildman–Crippen LogP) is 1.41. The third kappa shape index (κ3) is 5.62. The van der Waals surface area contributed by atoms with E-state index in [1.165, 1.54) is 0 Å². The maximum Gasteiger partial charge on any atom is 0.211 e. The van der Waals surface area contributed by atoms with Crippen molar-refractivity contribution in [2.75, 3.05) is 18.8 Å². The Morgan fingerprint density at radius 2 is 1.94 bits per heavy atom. The summed E-state index contributed by atoms with van der Waals surface area (Å²) in [5, 5.41) is 3.11. The maximum absolute atomic E-state index is 11.7. The van der Waals surface area contributed by atoms with Crippen molar-refractivity contribution in [3.05, 3.63) is 35.4 Å². The molecule has 0 atom stereocenters. The molecule has 0 aromatic heterocycles. The number of hydrogen-bond acceptors (Lipinski definition) is 3. The minimum Gasteiger partial charge on any atom is -0.317 e. The van der Waals surface area contributed by atoms with E-state index in [0.29, 0.717) is 13.0 Å². The predicted molar refractivity (Wildman–Crippen MR) is 75.0 cm³/mol. The zero-order valence-electron chi connectivity index (χ0n) is 11.1. The molecule has 0 heterocycles. The summed E-state index contributed by atoms with van der Waals surface area (Å²) < 4.78 is 26.1. The number of hydrogen-bond donors (Lipinski definition) is 2. The fraction of sp³-hybridized carbons (Fsp3) is 0.538. The van der Waals surface area contributed by atoms with Crippen LogP contribution in [0.2, 0.25) is 0 Å². The first-order chi connectivity index (χ1) is 8.55. The van der Waals surface area contributed by atoms with E-state index >= 15 is 0 Å². The van der Waals surface area contributed by atoms with Gasteiger partial charge >= 0.3 is 0 Å². The molecule has 5 heteroatoms. The first kappa shape index (κ1) is 15.1. The molecule has 0 fully saturated rings. The molecular weight excluding hydrogens is 248 g/mol. The van der Waals surface area contributed by atoms with Gasteiger partial charge in [-0.3, -0.25) is 0 Å². The molecule has 0 bridgehead atoms. The largest absolute Gasteiger partial charge is 0.317 e. The smallest absolute Gasteiger partial charge is 0.211 e. The molecule has 0 aliphatic heterocycles. The van der Waals surface area contributed by atoms with E-state index in [1.807, 2.05) is 38.1 Å². The minimum absolute atomic E-state index is 0.173. The van der Waals surface area contributed by atoms with Gasteiger partial charge in [0.25, 0.3) is 0 Å². The molecular formula is C13H22N2O2S. The number of benzene rings is 1. The molecule has 0 aliphatic rings. The molecule has 0 unspecified atom stereocenters. The fourth-order valence-corrected chi connectivity index (χ4v) is 2.68. The summed E-state index contributed by atoms with van der Waals surface area (Å²) in [6.07, 6.45) is 0.636. The maximum atomic E-state index is 11.7. The molecule has 4 nitrogen and oxygen atoms in total. The quantitative estimate of drug-likeness (QED) is 0.702. The van der Waals surface area contributed by atoms with E-state index in [4.69, 9.17) is 0 Å². The highest BCUT2D eigenvalue weighted by molar-refractivity contribution is 7.89. The highest BCUT2D eigenvalue weighted by Crippen LogP contribution is 2.06. The van der Waals surface area contributed by atoms with E-state index in [1.54, 1.807) is 0 Å². The second kappa shape index (κ2) is 7.51. The van der Waals surface area contributed by atoms with Gasteiger partial charge in [-0.1, -0.05) is 31.2 Å². The third-order valence-corrected chi connectivity index (χ3v) is 4.17. The van der Waals surface area contributed by atoms with Crippen molar-refractivity contribution < 1.29 is 8.42 Å². The molecule has 18 heavy (non-hydrogen) atoms. The summed E-state index contributed by atoms with van der Waals surface area (Å²) in [6.45, 7) is 5.97. The van der Waals surface area contributed by atoms with Crippen LogP contribution in [0.25, 0.3) is 0 Å². The zero-order chi connectivity index (χ0) is 13.4. The van der Waals surface area contributed by atoms with E-state index in [2.05, 4.69) is 10.0 Å². The van der Waals surface area contributed by atoms with Gasteiger partial charge in [-0.2, -0.15) is 0 Å². The molecule has 2 N–H and O–H groups in total. The Hall–Kier alpha value is -0.910. The second-order valence-corrected chi connectivity index (χ2v) is 6.20. The Balaban J connectivity index is 2.40. The van der Waals surface area contributed by atoms with Crippen molar-refractivity contribution in [2.45, 2.75) is 26.8 Å². The Bertz CT molecular complexity index is 458. The standard InChI is InChI=1S/C13H22N2O2S/c1-3-14-9-6-10-18(16,17)15-11-13-8-5-4-7-12(13)2/h4-5,7-8,14-15H,3,6,9-11H2,1-2H3. The van der Waals surface area contributed by atoms with Crippen LogP contribution in [-0.2, 0) is 16.6 Å². The average molecular weight is 270 g/mol. The Kier molecular flexibility index (Phi) is 6.32. The Morgan fingerprint density at radius 1 is 1.22 bits per heavy atom. The number of rotatable bonds is 8. The van der Waals surface area contributed by atoms with Crippen LogP contribution in [0.4, 0.5) is 0 Å². The normalized spacial score (nSPS) is 11.7. The van der Waals surface area contributed by atoms with Gasteiger partial charge in [-0.25, -0.2) is 13.1 Å². The van der Waals surface area contributed by atoms with Gasteiger partial charge in [-0.05, 0) is 37.6 Å². The summed E-state index contributed by atoms with van der Waals surface area (Å²) >= 11 is 0. The summed E-state index contributed by atoms with van der Waals surface area (Å²) in [5.74, 6) is 0.173. The third-order valence-electron chi connectivity index (χ3n) is 2.76. The van der Waals surface area contributed by atoms with Crippen molar-refractivity contribution in [3.63, 3.8) is 0 Å². The molecule has 0 radical (unpaired) electrons. The Morgan fingerprint density at radius 3 is 2.61 bits per heavy atom. The molecule has 0 saturated carbocycles.